The summed E-state index contributed by atoms with van der Waals surface area (Å²) in [5.74, 6) is 0.580. The molecule has 0 radical (unpaired) electrons. The van der Waals surface area contributed by atoms with E-state index in [0.29, 0.717) is 10.9 Å². The molecular weight excluding hydrogens is 287 g/mol. The highest BCUT2D eigenvalue weighted by atomic mass is 79.9. The van der Waals surface area contributed by atoms with E-state index in [1.807, 2.05) is 13.0 Å². The number of amidine groups is 1. The van der Waals surface area contributed by atoms with E-state index in [1.165, 1.54) is 0 Å². The van der Waals surface area contributed by atoms with Crippen LogP contribution in [0.4, 0.5) is 5.69 Å². The van der Waals surface area contributed by atoms with Crippen molar-refractivity contribution in [3.05, 3.63) is 27.2 Å². The van der Waals surface area contributed by atoms with Crippen LogP contribution >= 0.6 is 39.1 Å². The fourth-order valence-corrected chi connectivity index (χ4v) is 1.68. The molecule has 2 nitrogen and oxygen atoms in total. The van der Waals surface area contributed by atoms with Gasteiger partial charge in [0.05, 0.1) is 11.6 Å². The molecule has 0 aliphatic heterocycles. The highest BCUT2D eigenvalue weighted by Crippen LogP contribution is 2.33. The van der Waals surface area contributed by atoms with Gasteiger partial charge in [0, 0.05) is 9.50 Å². The van der Waals surface area contributed by atoms with E-state index in [1.54, 1.807) is 6.07 Å². The summed E-state index contributed by atoms with van der Waals surface area (Å²) >= 11 is 14.9. The Labute approximate surface area is 101 Å². The average Bonchev–Trinajstić information content (AvgIpc) is 2.18. The molecule has 1 aromatic rings. The maximum absolute atomic E-state index is 5.95. The molecule has 0 unspecified atom stereocenters. The van der Waals surface area contributed by atoms with Gasteiger partial charge in [0.1, 0.15) is 5.84 Å². The van der Waals surface area contributed by atoms with Crippen LogP contribution in [0.25, 0.3) is 0 Å². The zero-order valence-electron chi connectivity index (χ0n) is 7.52. The van der Waals surface area contributed by atoms with Crippen molar-refractivity contribution in [3.8, 4) is 0 Å². The van der Waals surface area contributed by atoms with Crippen molar-refractivity contribution in [1.82, 2.24) is 0 Å². The second-order valence-electron chi connectivity index (χ2n) is 2.74. The highest BCUT2D eigenvalue weighted by molar-refractivity contribution is 9.10. The molecule has 5 heteroatoms. The number of alkyl halides is 1. The second kappa shape index (κ2) is 5.01. The van der Waals surface area contributed by atoms with Crippen LogP contribution in [-0.4, -0.2) is 11.7 Å². The predicted octanol–water partition coefficient (Wildman–Crippen LogP) is 3.64. The van der Waals surface area contributed by atoms with Crippen molar-refractivity contribution in [2.75, 3.05) is 5.88 Å². The molecule has 2 N–H and O–H groups in total. The highest BCUT2D eigenvalue weighted by Gasteiger charge is 2.06. The summed E-state index contributed by atoms with van der Waals surface area (Å²) < 4.78 is 0.854. The molecule has 0 saturated carbocycles. The van der Waals surface area contributed by atoms with Gasteiger partial charge in [0.15, 0.2) is 0 Å². The lowest BCUT2D eigenvalue weighted by Gasteiger charge is -2.05. The second-order valence-corrected chi connectivity index (χ2v) is 4.27. The summed E-state index contributed by atoms with van der Waals surface area (Å²) in [6.45, 7) is 1.88. The van der Waals surface area contributed by atoms with Crippen LogP contribution in [0, 0.1) is 6.92 Å². The van der Waals surface area contributed by atoms with E-state index >= 15 is 0 Å². The van der Waals surface area contributed by atoms with Gasteiger partial charge < -0.3 is 5.73 Å². The molecule has 0 aliphatic carbocycles. The van der Waals surface area contributed by atoms with E-state index in [9.17, 15) is 0 Å². The summed E-state index contributed by atoms with van der Waals surface area (Å²) in [6, 6.07) is 3.63. The number of halogens is 3. The number of nitrogens with two attached hydrogens (primary N) is 1. The van der Waals surface area contributed by atoms with Crippen molar-refractivity contribution in [2.24, 2.45) is 10.7 Å². The quantitative estimate of drug-likeness (QED) is 0.505. The van der Waals surface area contributed by atoms with Crippen LogP contribution in [0.15, 0.2) is 21.6 Å². The van der Waals surface area contributed by atoms with Gasteiger partial charge in [-0.15, -0.1) is 11.6 Å². The van der Waals surface area contributed by atoms with Crippen LogP contribution < -0.4 is 5.73 Å². The third-order valence-corrected chi connectivity index (χ3v) is 3.03. The van der Waals surface area contributed by atoms with Gasteiger partial charge in [0.25, 0.3) is 0 Å². The summed E-state index contributed by atoms with van der Waals surface area (Å²) in [7, 11) is 0. The molecule has 0 fully saturated rings. The molecule has 0 bridgehead atoms. The zero-order chi connectivity index (χ0) is 10.7. The van der Waals surface area contributed by atoms with Crippen LogP contribution in [0.3, 0.4) is 0 Å². The topological polar surface area (TPSA) is 38.4 Å². The number of benzene rings is 1. The molecule has 14 heavy (non-hydrogen) atoms. The Morgan fingerprint density at radius 3 is 2.79 bits per heavy atom. The third-order valence-electron chi connectivity index (χ3n) is 1.71. The van der Waals surface area contributed by atoms with E-state index in [-0.39, 0.29) is 5.88 Å². The van der Waals surface area contributed by atoms with Gasteiger partial charge in [-0.1, -0.05) is 11.6 Å². The molecule has 0 spiro atoms. The molecular formula is C9H9BrCl2N2. The molecule has 0 aliphatic rings. The van der Waals surface area contributed by atoms with Crippen molar-refractivity contribution < 1.29 is 0 Å². The van der Waals surface area contributed by atoms with Crippen LogP contribution in [0.5, 0.6) is 0 Å². The Kier molecular flexibility index (Phi) is 4.23. The first-order chi connectivity index (χ1) is 6.56. The Bertz CT molecular complexity index is 377. The maximum atomic E-state index is 5.95. The normalized spacial score (nSPS) is 11.9. The number of rotatable bonds is 2. The lowest BCUT2D eigenvalue weighted by molar-refractivity contribution is 1.35. The summed E-state index contributed by atoms with van der Waals surface area (Å²) in [5.41, 5.74) is 7.16. The van der Waals surface area contributed by atoms with Crippen molar-refractivity contribution in [3.63, 3.8) is 0 Å². The van der Waals surface area contributed by atoms with Crippen LogP contribution in [-0.2, 0) is 0 Å². The smallest absolute Gasteiger partial charge is 0.115 e. The Hall–Kier alpha value is -0.250. The number of nitrogens with zero attached hydrogens (tertiary/aromatic N) is 1. The first kappa shape index (κ1) is 11.8. The minimum absolute atomic E-state index is 0.207. The molecule has 1 aromatic carbocycles. The van der Waals surface area contributed by atoms with E-state index < -0.39 is 0 Å². The Balaban J connectivity index is 3.26. The van der Waals surface area contributed by atoms with Crippen LogP contribution in [0.1, 0.15) is 5.56 Å². The average molecular weight is 296 g/mol. The monoisotopic (exact) mass is 294 g/mol. The first-order valence-electron chi connectivity index (χ1n) is 3.90. The molecule has 0 heterocycles. The predicted molar refractivity (Wildman–Crippen MR) is 65.9 cm³/mol. The molecule has 0 saturated heterocycles. The first-order valence-corrected chi connectivity index (χ1v) is 5.60. The SMILES string of the molecule is Cc1c(Cl)ccc(Br)c1N=C(N)CCl. The van der Waals surface area contributed by atoms with Gasteiger partial charge in [0.2, 0.25) is 0 Å². The van der Waals surface area contributed by atoms with Gasteiger partial charge >= 0.3 is 0 Å². The van der Waals surface area contributed by atoms with Gasteiger partial charge in [-0.05, 0) is 40.5 Å². The maximum Gasteiger partial charge on any atom is 0.115 e. The third kappa shape index (κ3) is 2.62. The number of aliphatic imine (C=N–C) groups is 1. The molecule has 0 amide bonds. The Morgan fingerprint density at radius 1 is 1.57 bits per heavy atom. The molecule has 0 aromatic heterocycles. The van der Waals surface area contributed by atoms with Gasteiger partial charge in [-0.2, -0.15) is 0 Å². The summed E-state index contributed by atoms with van der Waals surface area (Å²) in [6.07, 6.45) is 0. The molecule has 76 valence electrons. The number of hydrogen-bond acceptors (Lipinski definition) is 1. The zero-order valence-corrected chi connectivity index (χ0v) is 10.6. The van der Waals surface area contributed by atoms with Crippen molar-refractivity contribution in [1.29, 1.82) is 0 Å². The fraction of sp³-hybridized carbons (Fsp3) is 0.222. The van der Waals surface area contributed by atoms with Crippen molar-refractivity contribution in [2.45, 2.75) is 6.92 Å². The van der Waals surface area contributed by atoms with E-state index in [4.69, 9.17) is 28.9 Å². The number of hydrogen-bond donors (Lipinski definition) is 1. The minimum atomic E-state index is 0.207. The van der Waals surface area contributed by atoms with Crippen molar-refractivity contribution >= 4 is 50.7 Å². The standard InChI is InChI=1S/C9H9BrCl2N2/c1-5-7(12)3-2-6(10)9(5)14-8(13)4-11/h2-3H,4H2,1H3,(H2,13,14). The van der Waals surface area contributed by atoms with E-state index in [0.717, 1.165) is 15.7 Å². The molecule has 0 atom stereocenters. The fourth-order valence-electron chi connectivity index (χ4n) is 0.953. The Morgan fingerprint density at radius 2 is 2.21 bits per heavy atom. The van der Waals surface area contributed by atoms with Gasteiger partial charge in [-0.25, -0.2) is 4.99 Å². The summed E-state index contributed by atoms with van der Waals surface area (Å²) in [4.78, 5) is 4.17. The molecule has 1 rings (SSSR count). The largest absolute Gasteiger partial charge is 0.386 e. The van der Waals surface area contributed by atoms with Gasteiger partial charge in [-0.3, -0.25) is 0 Å². The minimum Gasteiger partial charge on any atom is -0.386 e. The van der Waals surface area contributed by atoms with E-state index in [2.05, 4.69) is 20.9 Å². The lowest BCUT2D eigenvalue weighted by Crippen LogP contribution is -2.12. The summed E-state index contributed by atoms with van der Waals surface area (Å²) in [5, 5.41) is 0.661. The lowest BCUT2D eigenvalue weighted by atomic mass is 10.2. The van der Waals surface area contributed by atoms with Crippen LogP contribution in [0.2, 0.25) is 5.02 Å².